The fraction of sp³-hybridized carbons (Fsp3) is 0.500. The normalized spacial score (nSPS) is 18.2. The van der Waals surface area contributed by atoms with Crippen LogP contribution in [0.25, 0.3) is 0 Å². The summed E-state index contributed by atoms with van der Waals surface area (Å²) in [6.07, 6.45) is 3.82. The topological polar surface area (TPSA) is 71.0 Å². The van der Waals surface area contributed by atoms with Gasteiger partial charge < -0.3 is 14.5 Å². The summed E-state index contributed by atoms with van der Waals surface area (Å²) in [5, 5.41) is 0. The second-order valence-electron chi connectivity index (χ2n) is 6.74. The number of amides is 1. The van der Waals surface area contributed by atoms with Crippen LogP contribution in [0.2, 0.25) is 0 Å². The lowest BCUT2D eigenvalue weighted by atomic mass is 9.94. The number of likely N-dealkylation sites (tertiary alicyclic amines) is 1. The Kier molecular flexibility index (Phi) is 4.55. The quantitative estimate of drug-likeness (QED) is 0.941. The molecule has 1 saturated heterocycles. The van der Waals surface area contributed by atoms with Crippen molar-refractivity contribution in [3.8, 4) is 0 Å². The lowest BCUT2D eigenvalue weighted by molar-refractivity contribution is 0.0693. The molecule has 6 nitrogen and oxygen atoms in total. The molecule has 24 heavy (non-hydrogen) atoms. The number of piperidine rings is 1. The zero-order chi connectivity index (χ0) is 17.3. The highest BCUT2D eigenvalue weighted by molar-refractivity contribution is 5.93. The molecular weight excluding hydrogens is 304 g/mol. The van der Waals surface area contributed by atoms with Gasteiger partial charge in [0.15, 0.2) is 0 Å². The number of aromatic amines is 1. The molecule has 0 radical (unpaired) electrons. The molecule has 1 aliphatic heterocycles. The van der Waals surface area contributed by atoms with Gasteiger partial charge in [-0.2, -0.15) is 0 Å². The Morgan fingerprint density at radius 1 is 1.42 bits per heavy atom. The second-order valence-corrected chi connectivity index (χ2v) is 6.74. The van der Waals surface area contributed by atoms with Gasteiger partial charge in [-0.15, -0.1) is 0 Å². The van der Waals surface area contributed by atoms with E-state index in [1.807, 2.05) is 27.8 Å². The maximum absolute atomic E-state index is 12.9. The first kappa shape index (κ1) is 16.5. The molecule has 128 valence electrons. The first-order chi connectivity index (χ1) is 11.5. The Labute approximate surface area is 141 Å². The monoisotopic (exact) mass is 328 g/mol. The lowest BCUT2D eigenvalue weighted by Gasteiger charge is -2.33. The maximum atomic E-state index is 12.9. The molecule has 6 heteroatoms. The van der Waals surface area contributed by atoms with Crippen molar-refractivity contribution in [1.82, 2.24) is 19.4 Å². The average Bonchev–Trinajstić information content (AvgIpc) is 3.03. The van der Waals surface area contributed by atoms with Gasteiger partial charge in [0, 0.05) is 37.3 Å². The Balaban J connectivity index is 1.81. The van der Waals surface area contributed by atoms with Crippen LogP contribution in [-0.4, -0.2) is 38.4 Å². The Hall–Kier alpha value is -2.37. The number of H-pyrrole nitrogens is 1. The summed E-state index contributed by atoms with van der Waals surface area (Å²) < 4.78 is 2.00. The van der Waals surface area contributed by atoms with Gasteiger partial charge in [-0.1, -0.05) is 0 Å². The van der Waals surface area contributed by atoms with E-state index in [1.54, 1.807) is 13.0 Å². The Morgan fingerprint density at radius 3 is 2.92 bits per heavy atom. The SMILES string of the molecule is Cc1nc(C2CCCN(C(=O)c3cccn3C(C)C)C2)cc(=O)[nH]1. The second kappa shape index (κ2) is 6.63. The zero-order valence-electron chi connectivity index (χ0n) is 14.5. The highest BCUT2D eigenvalue weighted by atomic mass is 16.2. The van der Waals surface area contributed by atoms with Gasteiger partial charge in [-0.05, 0) is 45.7 Å². The standard InChI is InChI=1S/C18H24N4O2/c1-12(2)22-9-5-7-16(22)18(24)21-8-4-6-14(11-21)15-10-17(23)20-13(3)19-15/h5,7,9-10,12,14H,4,6,8,11H2,1-3H3,(H,19,20,23). The van der Waals surface area contributed by atoms with E-state index >= 15 is 0 Å². The van der Waals surface area contributed by atoms with Gasteiger partial charge in [0.25, 0.3) is 11.5 Å². The van der Waals surface area contributed by atoms with Gasteiger partial charge in [0.05, 0.1) is 5.69 Å². The molecule has 1 atom stereocenters. The number of hydrogen-bond acceptors (Lipinski definition) is 3. The van der Waals surface area contributed by atoms with E-state index in [1.165, 1.54) is 0 Å². The molecule has 1 N–H and O–H groups in total. The van der Waals surface area contributed by atoms with Crippen molar-refractivity contribution in [3.05, 3.63) is 52.0 Å². The third-order valence-corrected chi connectivity index (χ3v) is 4.56. The molecule has 0 spiro atoms. The molecule has 2 aromatic heterocycles. The average molecular weight is 328 g/mol. The van der Waals surface area contributed by atoms with Crippen LogP contribution in [0.5, 0.6) is 0 Å². The van der Waals surface area contributed by atoms with E-state index in [0.29, 0.717) is 12.4 Å². The molecule has 1 unspecified atom stereocenters. The van der Waals surface area contributed by atoms with Crippen molar-refractivity contribution in [2.75, 3.05) is 13.1 Å². The molecule has 0 aromatic carbocycles. The minimum atomic E-state index is -0.130. The molecular formula is C18H24N4O2. The number of nitrogens with one attached hydrogen (secondary N) is 1. The van der Waals surface area contributed by atoms with Crippen molar-refractivity contribution in [1.29, 1.82) is 0 Å². The van der Waals surface area contributed by atoms with E-state index < -0.39 is 0 Å². The van der Waals surface area contributed by atoms with Gasteiger partial charge >= 0.3 is 0 Å². The van der Waals surface area contributed by atoms with Crippen molar-refractivity contribution in [2.45, 2.75) is 45.6 Å². The predicted octanol–water partition coefficient (Wildman–Crippen LogP) is 2.48. The maximum Gasteiger partial charge on any atom is 0.270 e. The first-order valence-corrected chi connectivity index (χ1v) is 8.49. The van der Waals surface area contributed by atoms with Gasteiger partial charge in [-0.25, -0.2) is 4.98 Å². The fourth-order valence-corrected chi connectivity index (χ4v) is 3.40. The van der Waals surface area contributed by atoms with Crippen LogP contribution in [0.1, 0.15) is 60.7 Å². The molecule has 0 bridgehead atoms. The molecule has 0 saturated carbocycles. The minimum Gasteiger partial charge on any atom is -0.341 e. The summed E-state index contributed by atoms with van der Waals surface area (Å²) in [6.45, 7) is 7.28. The van der Waals surface area contributed by atoms with E-state index in [4.69, 9.17) is 0 Å². The van der Waals surface area contributed by atoms with Crippen molar-refractivity contribution in [3.63, 3.8) is 0 Å². The van der Waals surface area contributed by atoms with Crippen LogP contribution in [0.4, 0.5) is 0 Å². The number of carbonyl (C=O) groups excluding carboxylic acids is 1. The molecule has 0 aliphatic carbocycles. The number of nitrogens with zero attached hydrogens (tertiary/aromatic N) is 3. The van der Waals surface area contributed by atoms with Crippen LogP contribution in [0, 0.1) is 6.92 Å². The molecule has 1 aliphatic rings. The number of aryl methyl sites for hydroxylation is 1. The van der Waals surface area contributed by atoms with Gasteiger partial charge in [0.1, 0.15) is 11.5 Å². The van der Waals surface area contributed by atoms with Crippen LogP contribution in [0.15, 0.2) is 29.2 Å². The Morgan fingerprint density at radius 2 is 2.21 bits per heavy atom. The molecule has 1 amide bonds. The predicted molar refractivity (Wildman–Crippen MR) is 92.3 cm³/mol. The van der Waals surface area contributed by atoms with E-state index in [2.05, 4.69) is 23.8 Å². The highest BCUT2D eigenvalue weighted by Crippen LogP contribution is 2.26. The van der Waals surface area contributed by atoms with E-state index in [0.717, 1.165) is 30.8 Å². The van der Waals surface area contributed by atoms with Crippen LogP contribution in [-0.2, 0) is 0 Å². The highest BCUT2D eigenvalue weighted by Gasteiger charge is 2.28. The van der Waals surface area contributed by atoms with Gasteiger partial charge in [0.2, 0.25) is 0 Å². The van der Waals surface area contributed by atoms with Crippen molar-refractivity contribution < 1.29 is 4.79 Å². The molecule has 1 fully saturated rings. The number of carbonyl (C=O) groups is 1. The smallest absolute Gasteiger partial charge is 0.270 e. The first-order valence-electron chi connectivity index (χ1n) is 8.49. The summed E-state index contributed by atoms with van der Waals surface area (Å²) in [5.41, 5.74) is 1.38. The van der Waals surface area contributed by atoms with E-state index in [-0.39, 0.29) is 23.4 Å². The minimum absolute atomic E-state index is 0.0555. The number of aromatic nitrogens is 3. The van der Waals surface area contributed by atoms with Crippen molar-refractivity contribution in [2.24, 2.45) is 0 Å². The molecule has 2 aromatic rings. The van der Waals surface area contributed by atoms with Gasteiger partial charge in [-0.3, -0.25) is 9.59 Å². The summed E-state index contributed by atoms with van der Waals surface area (Å²) in [5.74, 6) is 0.792. The number of rotatable bonds is 3. The third kappa shape index (κ3) is 3.27. The lowest BCUT2D eigenvalue weighted by Crippen LogP contribution is -2.40. The molecule has 3 heterocycles. The summed E-state index contributed by atoms with van der Waals surface area (Å²) in [7, 11) is 0. The summed E-state index contributed by atoms with van der Waals surface area (Å²) >= 11 is 0. The van der Waals surface area contributed by atoms with Crippen LogP contribution >= 0.6 is 0 Å². The van der Waals surface area contributed by atoms with Crippen molar-refractivity contribution >= 4 is 5.91 Å². The van der Waals surface area contributed by atoms with E-state index in [9.17, 15) is 9.59 Å². The van der Waals surface area contributed by atoms with Crippen LogP contribution < -0.4 is 5.56 Å². The fourth-order valence-electron chi connectivity index (χ4n) is 3.40. The third-order valence-electron chi connectivity index (χ3n) is 4.56. The molecule has 3 rings (SSSR count). The summed E-state index contributed by atoms with van der Waals surface area (Å²) in [4.78, 5) is 33.6. The number of hydrogen-bond donors (Lipinski definition) is 1. The Bertz CT molecular complexity index is 790. The summed E-state index contributed by atoms with van der Waals surface area (Å²) in [6, 6.07) is 5.59. The largest absolute Gasteiger partial charge is 0.341 e. The zero-order valence-corrected chi connectivity index (χ0v) is 14.5. The van der Waals surface area contributed by atoms with Crippen LogP contribution in [0.3, 0.4) is 0 Å².